The Balaban J connectivity index is 1.92. The average molecular weight is 339 g/mol. The summed E-state index contributed by atoms with van der Waals surface area (Å²) in [6.07, 6.45) is 7.78. The predicted octanol–water partition coefficient (Wildman–Crippen LogP) is 1.43. The van der Waals surface area contributed by atoms with E-state index >= 15 is 0 Å². The fourth-order valence-electron chi connectivity index (χ4n) is 3.74. The lowest BCUT2D eigenvalue weighted by molar-refractivity contribution is -0.141. The molecule has 2 amide bonds. The van der Waals surface area contributed by atoms with E-state index in [9.17, 15) is 9.59 Å². The van der Waals surface area contributed by atoms with Crippen LogP contribution in [0.5, 0.6) is 0 Å². The standard InChI is InChI=1S/C18H33N3O3/c1-13(24-12-15-7-4-3-5-8-15)17(20-14(2)22)18(23)21-10-6-9-16(19)11-21/h13,15-17H,3-12,19H2,1-2H3,(H,20,22). The van der Waals surface area contributed by atoms with Crippen LogP contribution < -0.4 is 11.1 Å². The molecule has 0 radical (unpaired) electrons. The van der Waals surface area contributed by atoms with Gasteiger partial charge in [-0.2, -0.15) is 0 Å². The first-order chi connectivity index (χ1) is 11.5. The van der Waals surface area contributed by atoms with E-state index < -0.39 is 6.04 Å². The summed E-state index contributed by atoms with van der Waals surface area (Å²) in [5.41, 5.74) is 5.98. The second kappa shape index (κ2) is 9.37. The Labute approximate surface area is 145 Å². The smallest absolute Gasteiger partial charge is 0.247 e. The predicted molar refractivity (Wildman–Crippen MR) is 93.4 cm³/mol. The molecule has 6 heteroatoms. The maximum absolute atomic E-state index is 12.8. The van der Waals surface area contributed by atoms with Gasteiger partial charge in [-0.3, -0.25) is 9.59 Å². The molecule has 0 aromatic rings. The molecule has 2 fully saturated rings. The summed E-state index contributed by atoms with van der Waals surface area (Å²) in [6.45, 7) is 5.26. The second-order valence-electron chi connectivity index (χ2n) is 7.41. The Kier molecular flexibility index (Phi) is 7.49. The van der Waals surface area contributed by atoms with Crippen molar-refractivity contribution in [2.24, 2.45) is 11.7 Å². The summed E-state index contributed by atoms with van der Waals surface area (Å²) in [5.74, 6) is 0.303. The Bertz CT molecular complexity index is 424. The molecule has 1 saturated heterocycles. The van der Waals surface area contributed by atoms with Crippen molar-refractivity contribution in [1.82, 2.24) is 10.2 Å². The van der Waals surface area contributed by atoms with E-state index in [-0.39, 0.29) is 24.0 Å². The Hall–Kier alpha value is -1.14. The van der Waals surface area contributed by atoms with Gasteiger partial charge in [-0.15, -0.1) is 0 Å². The lowest BCUT2D eigenvalue weighted by Crippen LogP contribution is -2.57. The molecule has 2 rings (SSSR count). The largest absolute Gasteiger partial charge is 0.376 e. The zero-order valence-corrected chi connectivity index (χ0v) is 15.1. The minimum Gasteiger partial charge on any atom is -0.376 e. The average Bonchev–Trinajstić information content (AvgIpc) is 2.57. The van der Waals surface area contributed by atoms with Crippen LogP contribution in [0.15, 0.2) is 0 Å². The van der Waals surface area contributed by atoms with Gasteiger partial charge in [0.1, 0.15) is 6.04 Å². The van der Waals surface area contributed by atoms with Crippen LogP contribution in [0.4, 0.5) is 0 Å². The normalized spacial score (nSPS) is 25.1. The van der Waals surface area contributed by atoms with Gasteiger partial charge in [0.25, 0.3) is 0 Å². The first-order valence-electron chi connectivity index (χ1n) is 9.40. The van der Waals surface area contributed by atoms with E-state index in [1.54, 1.807) is 4.90 Å². The SMILES string of the molecule is CC(=O)NC(C(=O)N1CCCC(N)C1)C(C)OCC1CCCCC1. The summed E-state index contributed by atoms with van der Waals surface area (Å²) < 4.78 is 5.99. The topological polar surface area (TPSA) is 84.7 Å². The van der Waals surface area contributed by atoms with Crippen molar-refractivity contribution in [3.8, 4) is 0 Å². The number of nitrogens with two attached hydrogens (primary N) is 1. The molecule has 2 aliphatic rings. The zero-order valence-electron chi connectivity index (χ0n) is 15.1. The van der Waals surface area contributed by atoms with E-state index in [0.717, 1.165) is 12.8 Å². The van der Waals surface area contributed by atoms with Crippen LogP contribution in [0.2, 0.25) is 0 Å². The van der Waals surface area contributed by atoms with Gasteiger partial charge in [0, 0.05) is 32.7 Å². The highest BCUT2D eigenvalue weighted by Crippen LogP contribution is 2.24. The van der Waals surface area contributed by atoms with Gasteiger partial charge >= 0.3 is 0 Å². The van der Waals surface area contributed by atoms with Gasteiger partial charge in [-0.1, -0.05) is 19.3 Å². The third kappa shape index (κ3) is 5.74. The van der Waals surface area contributed by atoms with Crippen LogP contribution in [-0.4, -0.2) is 54.6 Å². The van der Waals surface area contributed by atoms with Gasteiger partial charge in [0.2, 0.25) is 11.8 Å². The summed E-state index contributed by atoms with van der Waals surface area (Å²) in [5, 5.41) is 2.78. The van der Waals surface area contributed by atoms with Gasteiger partial charge < -0.3 is 20.7 Å². The molecule has 3 atom stereocenters. The van der Waals surface area contributed by atoms with Crippen molar-refractivity contribution in [3.63, 3.8) is 0 Å². The van der Waals surface area contributed by atoms with E-state index in [1.807, 2.05) is 6.92 Å². The van der Waals surface area contributed by atoms with Gasteiger partial charge in [-0.25, -0.2) is 0 Å². The molecule has 3 N–H and O–H groups in total. The monoisotopic (exact) mass is 339 g/mol. The first kappa shape index (κ1) is 19.2. The van der Waals surface area contributed by atoms with Crippen molar-refractivity contribution < 1.29 is 14.3 Å². The molecule has 1 aliphatic carbocycles. The Morgan fingerprint density at radius 2 is 1.92 bits per heavy atom. The van der Waals surface area contributed by atoms with Crippen molar-refractivity contribution >= 4 is 11.8 Å². The molecule has 0 aromatic carbocycles. The molecule has 6 nitrogen and oxygen atoms in total. The van der Waals surface area contributed by atoms with Gasteiger partial charge in [-0.05, 0) is 38.5 Å². The third-order valence-electron chi connectivity index (χ3n) is 5.18. The van der Waals surface area contributed by atoms with Gasteiger partial charge in [0.05, 0.1) is 6.10 Å². The van der Waals surface area contributed by atoms with E-state index in [2.05, 4.69) is 5.32 Å². The highest BCUT2D eigenvalue weighted by molar-refractivity contribution is 5.87. The van der Waals surface area contributed by atoms with Crippen LogP contribution in [-0.2, 0) is 14.3 Å². The molecule has 1 saturated carbocycles. The number of piperidine rings is 1. The number of carbonyl (C=O) groups is 2. The Morgan fingerprint density at radius 3 is 2.54 bits per heavy atom. The molecular weight excluding hydrogens is 306 g/mol. The molecule has 0 spiro atoms. The van der Waals surface area contributed by atoms with E-state index in [0.29, 0.717) is 25.6 Å². The molecule has 0 aromatic heterocycles. The number of likely N-dealkylation sites (tertiary alicyclic amines) is 1. The Morgan fingerprint density at radius 1 is 1.21 bits per heavy atom. The molecule has 0 bridgehead atoms. The quantitative estimate of drug-likeness (QED) is 0.766. The highest BCUT2D eigenvalue weighted by Gasteiger charge is 2.33. The fourth-order valence-corrected chi connectivity index (χ4v) is 3.74. The molecule has 3 unspecified atom stereocenters. The van der Waals surface area contributed by atoms with Crippen molar-refractivity contribution in [3.05, 3.63) is 0 Å². The number of carbonyl (C=O) groups excluding carboxylic acids is 2. The second-order valence-corrected chi connectivity index (χ2v) is 7.41. The number of rotatable bonds is 6. The minimum absolute atomic E-state index is 0.0270. The molecule has 1 aliphatic heterocycles. The molecular formula is C18H33N3O3. The van der Waals surface area contributed by atoms with Crippen LogP contribution in [0.1, 0.15) is 58.8 Å². The summed E-state index contributed by atoms with van der Waals surface area (Å²) in [6, 6.07) is -0.601. The maximum atomic E-state index is 12.8. The maximum Gasteiger partial charge on any atom is 0.247 e. The number of amides is 2. The van der Waals surface area contributed by atoms with Crippen LogP contribution in [0.25, 0.3) is 0 Å². The number of ether oxygens (including phenoxy) is 1. The summed E-state index contributed by atoms with van der Waals surface area (Å²) in [4.78, 5) is 26.2. The van der Waals surface area contributed by atoms with Crippen molar-refractivity contribution in [1.29, 1.82) is 0 Å². The summed E-state index contributed by atoms with van der Waals surface area (Å²) in [7, 11) is 0. The van der Waals surface area contributed by atoms with E-state index in [4.69, 9.17) is 10.5 Å². The lowest BCUT2D eigenvalue weighted by atomic mass is 9.90. The highest BCUT2D eigenvalue weighted by atomic mass is 16.5. The number of nitrogens with one attached hydrogen (secondary N) is 1. The lowest BCUT2D eigenvalue weighted by Gasteiger charge is -2.35. The minimum atomic E-state index is -0.628. The van der Waals surface area contributed by atoms with Gasteiger partial charge in [0.15, 0.2) is 0 Å². The number of nitrogens with zero attached hydrogens (tertiary/aromatic N) is 1. The first-order valence-corrected chi connectivity index (χ1v) is 9.40. The van der Waals surface area contributed by atoms with Crippen LogP contribution in [0.3, 0.4) is 0 Å². The summed E-state index contributed by atoms with van der Waals surface area (Å²) >= 11 is 0. The number of hydrogen-bond acceptors (Lipinski definition) is 4. The van der Waals surface area contributed by atoms with Crippen LogP contribution >= 0.6 is 0 Å². The molecule has 138 valence electrons. The van der Waals surface area contributed by atoms with Crippen LogP contribution in [0, 0.1) is 5.92 Å². The van der Waals surface area contributed by atoms with Crippen molar-refractivity contribution in [2.45, 2.75) is 77.0 Å². The fraction of sp³-hybridized carbons (Fsp3) is 0.889. The molecule has 24 heavy (non-hydrogen) atoms. The van der Waals surface area contributed by atoms with E-state index in [1.165, 1.54) is 39.0 Å². The number of hydrogen-bond donors (Lipinski definition) is 2. The third-order valence-corrected chi connectivity index (χ3v) is 5.18. The van der Waals surface area contributed by atoms with Crippen molar-refractivity contribution in [2.75, 3.05) is 19.7 Å². The zero-order chi connectivity index (χ0) is 17.5. The molecule has 1 heterocycles.